The van der Waals surface area contributed by atoms with Gasteiger partial charge in [0.2, 0.25) is 5.91 Å². The molecular weight excluding hydrogens is 390 g/mol. The molecule has 2 aliphatic rings. The lowest BCUT2D eigenvalue weighted by molar-refractivity contribution is -0.138. The minimum Gasteiger partial charge on any atom is -0.493 e. The summed E-state index contributed by atoms with van der Waals surface area (Å²) in [6.45, 7) is 8.21. The highest BCUT2D eigenvalue weighted by Crippen LogP contribution is 2.28. The van der Waals surface area contributed by atoms with Gasteiger partial charge in [-0.15, -0.1) is 0 Å². The molecule has 2 aromatic rings. The van der Waals surface area contributed by atoms with Crippen molar-refractivity contribution in [2.24, 2.45) is 0 Å². The molecule has 2 heterocycles. The van der Waals surface area contributed by atoms with E-state index in [0.717, 1.165) is 63.7 Å². The third-order valence-electron chi connectivity index (χ3n) is 6.61. The van der Waals surface area contributed by atoms with Crippen LogP contribution in [-0.4, -0.2) is 73.6 Å². The number of carbonyl (C=O) groups excluding carboxylic acids is 1. The Labute approximate surface area is 185 Å². The monoisotopic (exact) mass is 423 g/mol. The number of rotatable bonds is 6. The molecule has 0 spiro atoms. The number of piperazine rings is 1. The fraction of sp³-hybridized carbons (Fsp3) is 0.480. The first-order valence-electron chi connectivity index (χ1n) is 11.1. The van der Waals surface area contributed by atoms with E-state index in [1.165, 1.54) is 16.7 Å². The predicted octanol–water partition coefficient (Wildman–Crippen LogP) is 2.79. The zero-order chi connectivity index (χ0) is 21.8. The van der Waals surface area contributed by atoms with Gasteiger partial charge in [-0.3, -0.25) is 14.6 Å². The lowest BCUT2D eigenvalue weighted by atomic mass is 9.99. The topological polar surface area (TPSA) is 45.2 Å². The van der Waals surface area contributed by atoms with Crippen molar-refractivity contribution in [3.05, 3.63) is 59.2 Å². The van der Waals surface area contributed by atoms with Crippen molar-refractivity contribution in [1.29, 1.82) is 0 Å². The summed E-state index contributed by atoms with van der Waals surface area (Å²) in [5.74, 6) is 1.77. The number of ether oxygens (including phenoxy) is 2. The van der Waals surface area contributed by atoms with Crippen LogP contribution in [0.3, 0.4) is 0 Å². The van der Waals surface area contributed by atoms with E-state index >= 15 is 0 Å². The molecule has 0 N–H and O–H groups in total. The maximum absolute atomic E-state index is 13.2. The van der Waals surface area contributed by atoms with E-state index in [1.807, 2.05) is 17.0 Å². The van der Waals surface area contributed by atoms with Gasteiger partial charge in [-0.1, -0.05) is 30.3 Å². The van der Waals surface area contributed by atoms with Crippen LogP contribution in [0, 0.1) is 0 Å². The lowest BCUT2D eigenvalue weighted by Crippen LogP contribution is -2.54. The summed E-state index contributed by atoms with van der Waals surface area (Å²) in [5.41, 5.74) is 3.87. The van der Waals surface area contributed by atoms with Crippen molar-refractivity contribution in [3.8, 4) is 11.5 Å². The second-order valence-electron chi connectivity index (χ2n) is 8.46. The molecule has 0 aromatic heterocycles. The minimum atomic E-state index is -0.0755. The fourth-order valence-electron chi connectivity index (χ4n) is 4.65. The molecule has 6 nitrogen and oxygen atoms in total. The highest BCUT2D eigenvalue weighted by Gasteiger charge is 2.30. The third kappa shape index (κ3) is 4.86. The number of hydrogen-bond acceptors (Lipinski definition) is 5. The zero-order valence-corrected chi connectivity index (χ0v) is 18.8. The molecule has 0 bridgehead atoms. The Kier molecular flexibility index (Phi) is 6.78. The number of fused-ring (bicyclic) bond motifs is 1. The zero-order valence-electron chi connectivity index (χ0n) is 18.8. The largest absolute Gasteiger partial charge is 0.493 e. The van der Waals surface area contributed by atoms with Gasteiger partial charge >= 0.3 is 0 Å². The Morgan fingerprint density at radius 3 is 2.35 bits per heavy atom. The summed E-state index contributed by atoms with van der Waals surface area (Å²) in [6, 6.07) is 14.5. The van der Waals surface area contributed by atoms with Crippen LogP contribution in [0.25, 0.3) is 0 Å². The molecule has 0 aliphatic carbocycles. The summed E-state index contributed by atoms with van der Waals surface area (Å²) in [7, 11) is 3.32. The number of benzene rings is 2. The molecule has 1 amide bonds. The van der Waals surface area contributed by atoms with Gasteiger partial charge in [0, 0.05) is 45.8 Å². The van der Waals surface area contributed by atoms with Crippen molar-refractivity contribution in [2.75, 3.05) is 46.9 Å². The van der Waals surface area contributed by atoms with E-state index in [9.17, 15) is 4.79 Å². The molecular formula is C25H33N3O3. The summed E-state index contributed by atoms with van der Waals surface area (Å²) in [5, 5.41) is 0. The normalized spacial score (nSPS) is 18.4. The van der Waals surface area contributed by atoms with Gasteiger partial charge in [-0.25, -0.2) is 0 Å². The Hall–Kier alpha value is -2.57. The first-order valence-corrected chi connectivity index (χ1v) is 11.1. The SMILES string of the molecule is COc1ccc(CN2CCN([C@H](C)C(=O)N3CCc4ccccc4C3)CC2)cc1OC. The van der Waals surface area contributed by atoms with E-state index < -0.39 is 0 Å². The van der Waals surface area contributed by atoms with E-state index in [1.54, 1.807) is 14.2 Å². The molecule has 166 valence electrons. The van der Waals surface area contributed by atoms with E-state index in [4.69, 9.17) is 9.47 Å². The number of carbonyl (C=O) groups is 1. The molecule has 1 saturated heterocycles. The van der Waals surface area contributed by atoms with Gasteiger partial charge in [-0.2, -0.15) is 0 Å². The average molecular weight is 424 g/mol. The van der Waals surface area contributed by atoms with Crippen LogP contribution in [0.5, 0.6) is 11.5 Å². The summed E-state index contributed by atoms with van der Waals surface area (Å²) in [6.07, 6.45) is 0.952. The quantitative estimate of drug-likeness (QED) is 0.715. The lowest BCUT2D eigenvalue weighted by Gasteiger charge is -2.40. The van der Waals surface area contributed by atoms with E-state index in [-0.39, 0.29) is 11.9 Å². The predicted molar refractivity (Wildman–Crippen MR) is 121 cm³/mol. The molecule has 0 saturated carbocycles. The van der Waals surface area contributed by atoms with Gasteiger partial charge in [0.05, 0.1) is 20.3 Å². The van der Waals surface area contributed by atoms with Crippen molar-refractivity contribution >= 4 is 5.91 Å². The maximum atomic E-state index is 13.2. The van der Waals surface area contributed by atoms with Crippen LogP contribution in [0.1, 0.15) is 23.6 Å². The van der Waals surface area contributed by atoms with Crippen molar-refractivity contribution in [3.63, 3.8) is 0 Å². The summed E-state index contributed by atoms with van der Waals surface area (Å²) >= 11 is 0. The second kappa shape index (κ2) is 9.71. The highest BCUT2D eigenvalue weighted by atomic mass is 16.5. The minimum absolute atomic E-state index is 0.0755. The number of hydrogen-bond donors (Lipinski definition) is 0. The van der Waals surface area contributed by atoms with E-state index in [2.05, 4.69) is 47.1 Å². The van der Waals surface area contributed by atoms with Crippen LogP contribution in [-0.2, 0) is 24.3 Å². The highest BCUT2D eigenvalue weighted by molar-refractivity contribution is 5.81. The molecule has 4 rings (SSSR count). The first kappa shape index (κ1) is 21.7. The Bertz CT molecular complexity index is 909. The standard InChI is InChI=1S/C25H33N3O3/c1-19(25(29)28-11-10-21-6-4-5-7-22(21)18-28)27-14-12-26(13-15-27)17-20-8-9-23(30-2)24(16-20)31-3/h4-9,16,19H,10-15,17-18H2,1-3H3/t19-/m1/s1. The van der Waals surface area contributed by atoms with Crippen LogP contribution < -0.4 is 9.47 Å². The van der Waals surface area contributed by atoms with Crippen LogP contribution in [0.15, 0.2) is 42.5 Å². The van der Waals surface area contributed by atoms with Crippen molar-refractivity contribution < 1.29 is 14.3 Å². The molecule has 0 radical (unpaired) electrons. The molecule has 1 fully saturated rings. The Morgan fingerprint density at radius 1 is 0.935 bits per heavy atom. The number of methoxy groups -OCH3 is 2. The maximum Gasteiger partial charge on any atom is 0.239 e. The molecule has 6 heteroatoms. The van der Waals surface area contributed by atoms with Gasteiger partial charge in [0.1, 0.15) is 0 Å². The summed E-state index contributed by atoms with van der Waals surface area (Å²) in [4.78, 5) is 20.0. The number of amides is 1. The Balaban J connectivity index is 1.30. The van der Waals surface area contributed by atoms with Crippen LogP contribution >= 0.6 is 0 Å². The average Bonchev–Trinajstić information content (AvgIpc) is 2.83. The third-order valence-corrected chi connectivity index (χ3v) is 6.61. The van der Waals surface area contributed by atoms with Crippen molar-refractivity contribution in [1.82, 2.24) is 14.7 Å². The van der Waals surface area contributed by atoms with Gasteiger partial charge < -0.3 is 14.4 Å². The first-order chi connectivity index (χ1) is 15.1. The Morgan fingerprint density at radius 2 is 1.65 bits per heavy atom. The van der Waals surface area contributed by atoms with E-state index in [0.29, 0.717) is 0 Å². The molecule has 31 heavy (non-hydrogen) atoms. The second-order valence-corrected chi connectivity index (χ2v) is 8.46. The molecule has 0 unspecified atom stereocenters. The number of nitrogens with zero attached hydrogens (tertiary/aromatic N) is 3. The van der Waals surface area contributed by atoms with Gasteiger partial charge in [0.15, 0.2) is 11.5 Å². The molecule has 2 aliphatic heterocycles. The molecule has 1 atom stereocenters. The smallest absolute Gasteiger partial charge is 0.239 e. The fourth-order valence-corrected chi connectivity index (χ4v) is 4.65. The van der Waals surface area contributed by atoms with Crippen LogP contribution in [0.2, 0.25) is 0 Å². The van der Waals surface area contributed by atoms with Crippen molar-refractivity contribution in [2.45, 2.75) is 32.5 Å². The summed E-state index contributed by atoms with van der Waals surface area (Å²) < 4.78 is 10.8. The molecule has 2 aromatic carbocycles. The van der Waals surface area contributed by atoms with Gasteiger partial charge in [0.25, 0.3) is 0 Å². The van der Waals surface area contributed by atoms with Crippen LogP contribution in [0.4, 0.5) is 0 Å². The van der Waals surface area contributed by atoms with Gasteiger partial charge in [-0.05, 0) is 42.2 Å².